The van der Waals surface area contributed by atoms with E-state index in [1.165, 1.54) is 35.1 Å². The molecule has 0 unspecified atom stereocenters. The second kappa shape index (κ2) is 9.01. The molecule has 1 aromatic carbocycles. The van der Waals surface area contributed by atoms with Crippen LogP contribution in [0.2, 0.25) is 0 Å². The lowest BCUT2D eigenvalue weighted by Gasteiger charge is -2.11. The molecule has 0 spiro atoms. The number of benzene rings is 1. The maximum atomic E-state index is 12.7. The molecule has 1 aliphatic carbocycles. The van der Waals surface area contributed by atoms with Crippen molar-refractivity contribution in [3.05, 3.63) is 52.2 Å². The van der Waals surface area contributed by atoms with Crippen LogP contribution in [0.5, 0.6) is 0 Å². The number of fused-ring (bicyclic) bond motifs is 1. The molecular weight excluding hydrogens is 420 g/mol. The zero-order valence-electron chi connectivity index (χ0n) is 16.8. The van der Waals surface area contributed by atoms with E-state index in [1.807, 2.05) is 41.8 Å². The Morgan fingerprint density at radius 2 is 1.97 bits per heavy atom. The van der Waals surface area contributed by atoms with Gasteiger partial charge in [0.1, 0.15) is 10.8 Å². The first-order chi connectivity index (χ1) is 14.6. The highest BCUT2D eigenvalue weighted by molar-refractivity contribution is 7.99. The molecule has 1 amide bonds. The molecule has 4 rings (SSSR count). The van der Waals surface area contributed by atoms with Gasteiger partial charge in [-0.3, -0.25) is 9.36 Å². The van der Waals surface area contributed by atoms with Gasteiger partial charge in [-0.05, 0) is 50.3 Å². The highest BCUT2D eigenvalue weighted by Crippen LogP contribution is 2.38. The van der Waals surface area contributed by atoms with Crippen molar-refractivity contribution in [1.82, 2.24) is 14.8 Å². The first-order valence-corrected chi connectivity index (χ1v) is 11.5. The van der Waals surface area contributed by atoms with Crippen molar-refractivity contribution in [3.63, 3.8) is 0 Å². The molecule has 0 atom stereocenters. The molecule has 0 radical (unpaired) electrons. The van der Waals surface area contributed by atoms with Gasteiger partial charge in [0.25, 0.3) is 0 Å². The van der Waals surface area contributed by atoms with Crippen molar-refractivity contribution >= 4 is 40.0 Å². The number of para-hydroxylation sites is 1. The summed E-state index contributed by atoms with van der Waals surface area (Å²) >= 11 is 2.80. The number of nitrogens with zero attached hydrogens (tertiary/aromatic N) is 3. The molecule has 9 heteroatoms. The average molecular weight is 443 g/mol. The third-order valence-corrected chi connectivity index (χ3v) is 7.09. The maximum absolute atomic E-state index is 12.7. The quantitative estimate of drug-likeness (QED) is 0.458. The van der Waals surface area contributed by atoms with Gasteiger partial charge >= 0.3 is 5.97 Å². The van der Waals surface area contributed by atoms with E-state index in [2.05, 4.69) is 15.5 Å². The number of thioether (sulfide) groups is 1. The summed E-state index contributed by atoms with van der Waals surface area (Å²) in [6, 6.07) is 9.78. The number of carbonyl (C=O) groups excluding carboxylic acids is 2. The number of thiophene rings is 1. The molecule has 30 heavy (non-hydrogen) atoms. The van der Waals surface area contributed by atoms with Crippen molar-refractivity contribution in [1.29, 1.82) is 0 Å². The Morgan fingerprint density at radius 3 is 2.73 bits per heavy atom. The Balaban J connectivity index is 1.50. The summed E-state index contributed by atoms with van der Waals surface area (Å²) in [5, 5.41) is 12.5. The van der Waals surface area contributed by atoms with Gasteiger partial charge in [-0.1, -0.05) is 30.0 Å². The third-order valence-electron chi connectivity index (χ3n) is 4.96. The standard InChI is InChI=1S/C21H22N4O3S2/c1-13-23-24-21(25(13)14-8-4-3-5-9-14)29-12-17(26)22-19-18(20(27)28-2)15-10-6-7-11-16(15)30-19/h3-5,8-9H,6-7,10-12H2,1-2H3,(H,22,26). The number of esters is 1. The minimum Gasteiger partial charge on any atom is -0.465 e. The summed E-state index contributed by atoms with van der Waals surface area (Å²) in [5.41, 5.74) is 2.49. The van der Waals surface area contributed by atoms with Crippen molar-refractivity contribution in [3.8, 4) is 5.69 Å². The lowest BCUT2D eigenvalue weighted by molar-refractivity contribution is -0.113. The zero-order chi connectivity index (χ0) is 21.1. The summed E-state index contributed by atoms with van der Waals surface area (Å²) in [6.45, 7) is 1.88. The average Bonchev–Trinajstić information content (AvgIpc) is 3.32. The number of hydrogen-bond donors (Lipinski definition) is 1. The number of carbonyl (C=O) groups is 2. The first-order valence-electron chi connectivity index (χ1n) is 9.71. The Kier molecular flexibility index (Phi) is 6.19. The summed E-state index contributed by atoms with van der Waals surface area (Å²) < 4.78 is 6.89. The largest absolute Gasteiger partial charge is 0.465 e. The number of rotatable bonds is 6. The molecule has 7 nitrogen and oxygen atoms in total. The lowest BCUT2D eigenvalue weighted by atomic mass is 9.95. The first kappa shape index (κ1) is 20.6. The summed E-state index contributed by atoms with van der Waals surface area (Å²) in [7, 11) is 1.37. The molecular formula is C21H22N4O3S2. The molecule has 1 N–H and O–H groups in total. The minimum atomic E-state index is -0.392. The van der Waals surface area contributed by atoms with Crippen molar-refractivity contribution in [2.24, 2.45) is 0 Å². The minimum absolute atomic E-state index is 0.161. The topological polar surface area (TPSA) is 86.1 Å². The SMILES string of the molecule is COC(=O)c1c(NC(=O)CSc2nnc(C)n2-c2ccccc2)sc2c1CCCC2. The van der Waals surface area contributed by atoms with Gasteiger partial charge in [0.15, 0.2) is 5.16 Å². The van der Waals surface area contributed by atoms with E-state index >= 15 is 0 Å². The van der Waals surface area contributed by atoms with E-state index in [0.717, 1.165) is 42.8 Å². The Bertz CT molecular complexity index is 1080. The van der Waals surface area contributed by atoms with Crippen LogP contribution in [0.25, 0.3) is 5.69 Å². The predicted molar refractivity (Wildman–Crippen MR) is 118 cm³/mol. The fraction of sp³-hybridized carbons (Fsp3) is 0.333. The number of hydrogen-bond acceptors (Lipinski definition) is 7. The number of ether oxygens (including phenoxy) is 1. The number of aromatic nitrogens is 3. The van der Waals surface area contributed by atoms with Crippen LogP contribution in [0, 0.1) is 6.92 Å². The van der Waals surface area contributed by atoms with Gasteiger partial charge in [-0.15, -0.1) is 21.5 Å². The zero-order valence-corrected chi connectivity index (χ0v) is 18.4. The molecule has 1 aliphatic rings. The summed E-state index contributed by atoms with van der Waals surface area (Å²) in [4.78, 5) is 26.2. The Morgan fingerprint density at radius 1 is 1.20 bits per heavy atom. The predicted octanol–water partition coefficient (Wildman–Crippen LogP) is 4.03. The van der Waals surface area contributed by atoms with E-state index in [0.29, 0.717) is 15.7 Å². The van der Waals surface area contributed by atoms with Gasteiger partial charge < -0.3 is 10.1 Å². The van der Waals surface area contributed by atoms with Gasteiger partial charge in [-0.2, -0.15) is 0 Å². The number of methoxy groups -OCH3 is 1. The van der Waals surface area contributed by atoms with Crippen molar-refractivity contribution in [2.75, 3.05) is 18.2 Å². The molecule has 2 heterocycles. The van der Waals surface area contributed by atoms with Crippen LogP contribution in [-0.2, 0) is 22.4 Å². The Labute approximate surface area is 182 Å². The van der Waals surface area contributed by atoms with Crippen LogP contribution >= 0.6 is 23.1 Å². The van der Waals surface area contributed by atoms with E-state index < -0.39 is 5.97 Å². The van der Waals surface area contributed by atoms with Crippen LogP contribution in [0.3, 0.4) is 0 Å². The van der Waals surface area contributed by atoms with Gasteiger partial charge in [-0.25, -0.2) is 4.79 Å². The molecule has 2 aromatic heterocycles. The van der Waals surface area contributed by atoms with Crippen LogP contribution < -0.4 is 5.32 Å². The lowest BCUT2D eigenvalue weighted by Crippen LogP contribution is -2.17. The van der Waals surface area contributed by atoms with E-state index in [-0.39, 0.29) is 11.7 Å². The van der Waals surface area contributed by atoms with Crippen LogP contribution in [0.4, 0.5) is 5.00 Å². The normalized spacial score (nSPS) is 13.0. The smallest absolute Gasteiger partial charge is 0.341 e. The van der Waals surface area contributed by atoms with E-state index in [9.17, 15) is 9.59 Å². The van der Waals surface area contributed by atoms with Crippen LogP contribution in [0.15, 0.2) is 35.5 Å². The van der Waals surface area contributed by atoms with Gasteiger partial charge in [0.2, 0.25) is 5.91 Å². The van der Waals surface area contributed by atoms with E-state index in [1.54, 1.807) is 0 Å². The fourth-order valence-electron chi connectivity index (χ4n) is 3.58. The number of amides is 1. The molecule has 156 valence electrons. The molecule has 0 fully saturated rings. The molecule has 0 saturated carbocycles. The Hall–Kier alpha value is -2.65. The van der Waals surface area contributed by atoms with Crippen molar-refractivity contribution < 1.29 is 14.3 Å². The van der Waals surface area contributed by atoms with Crippen molar-refractivity contribution in [2.45, 2.75) is 37.8 Å². The fourth-order valence-corrected chi connectivity index (χ4v) is 5.67. The number of aryl methyl sites for hydroxylation is 2. The molecule has 0 saturated heterocycles. The number of anilines is 1. The second-order valence-electron chi connectivity index (χ2n) is 6.94. The third kappa shape index (κ3) is 4.13. The molecule has 0 bridgehead atoms. The summed E-state index contributed by atoms with van der Waals surface area (Å²) in [5.74, 6) is 0.331. The second-order valence-corrected chi connectivity index (χ2v) is 8.99. The maximum Gasteiger partial charge on any atom is 0.341 e. The van der Waals surface area contributed by atoms with Gasteiger partial charge in [0.05, 0.1) is 18.4 Å². The van der Waals surface area contributed by atoms with Gasteiger partial charge in [0, 0.05) is 10.6 Å². The highest BCUT2D eigenvalue weighted by atomic mass is 32.2. The molecule has 0 aliphatic heterocycles. The molecule has 3 aromatic rings. The highest BCUT2D eigenvalue weighted by Gasteiger charge is 2.27. The summed E-state index contributed by atoms with van der Waals surface area (Å²) in [6.07, 6.45) is 3.94. The van der Waals surface area contributed by atoms with Crippen LogP contribution in [0.1, 0.15) is 39.5 Å². The number of nitrogens with one attached hydrogen (secondary N) is 1. The van der Waals surface area contributed by atoms with Crippen LogP contribution in [-0.4, -0.2) is 39.5 Å². The van der Waals surface area contributed by atoms with E-state index in [4.69, 9.17) is 4.74 Å². The monoisotopic (exact) mass is 442 g/mol.